The maximum atomic E-state index is 13.6. The van der Waals surface area contributed by atoms with Crippen molar-refractivity contribution in [3.05, 3.63) is 92.8 Å². The van der Waals surface area contributed by atoms with E-state index in [-0.39, 0.29) is 29.5 Å². The molecular weight excluding hydrogens is 521 g/mol. The fourth-order valence-electron chi connectivity index (χ4n) is 3.65. The Morgan fingerprint density at radius 3 is 2.64 bits per heavy atom. The quantitative estimate of drug-likeness (QED) is 0.289. The van der Waals surface area contributed by atoms with Crippen LogP contribution in [0.25, 0.3) is 0 Å². The van der Waals surface area contributed by atoms with Crippen molar-refractivity contribution in [2.75, 3.05) is 11.5 Å². The second kappa shape index (κ2) is 11.6. The Morgan fingerprint density at radius 1 is 1.19 bits per heavy atom. The molecule has 1 saturated heterocycles. The van der Waals surface area contributed by atoms with E-state index in [2.05, 4.69) is 5.32 Å². The summed E-state index contributed by atoms with van der Waals surface area (Å²) < 4.78 is 10.7. The fourth-order valence-corrected chi connectivity index (χ4v) is 5.35. The Kier molecular flexibility index (Phi) is 8.26. The third-order valence-corrected chi connectivity index (χ3v) is 7.47. The van der Waals surface area contributed by atoms with Gasteiger partial charge < -0.3 is 14.5 Å². The summed E-state index contributed by atoms with van der Waals surface area (Å²) >= 11 is 13.7. The number of amides is 2. The molecule has 184 valence electrons. The molecule has 4 rings (SSSR count). The maximum Gasteiger partial charge on any atom is 0.265 e. The summed E-state index contributed by atoms with van der Waals surface area (Å²) in [4.78, 5) is 28.0. The molecular formula is C26H21Cl2N3O4S. The van der Waals surface area contributed by atoms with Crippen LogP contribution in [0, 0.1) is 11.3 Å². The van der Waals surface area contributed by atoms with Gasteiger partial charge in [0.15, 0.2) is 0 Å². The first-order valence-electron chi connectivity index (χ1n) is 11.0. The van der Waals surface area contributed by atoms with Crippen LogP contribution >= 0.6 is 35.0 Å². The predicted octanol–water partition coefficient (Wildman–Crippen LogP) is 5.73. The minimum atomic E-state index is -0.622. The minimum Gasteiger partial charge on any atom is -0.494 e. The molecule has 0 radical (unpaired) electrons. The van der Waals surface area contributed by atoms with E-state index >= 15 is 0 Å². The molecule has 1 unspecified atom stereocenters. The van der Waals surface area contributed by atoms with Crippen LogP contribution in [-0.4, -0.2) is 23.7 Å². The van der Waals surface area contributed by atoms with E-state index in [4.69, 9.17) is 32.4 Å². The van der Waals surface area contributed by atoms with E-state index < -0.39 is 11.2 Å². The van der Waals surface area contributed by atoms with Gasteiger partial charge in [-0.25, -0.2) is 0 Å². The number of hydrogen-bond acceptors (Lipinski definition) is 6. The number of carbonyl (C=O) groups excluding carboxylic acids is 2. The van der Waals surface area contributed by atoms with Crippen LogP contribution in [0.5, 0.6) is 5.75 Å². The number of halogens is 2. The number of carbonyl (C=O) groups is 2. The molecule has 36 heavy (non-hydrogen) atoms. The molecule has 1 aromatic heterocycles. The van der Waals surface area contributed by atoms with E-state index in [9.17, 15) is 14.9 Å². The van der Waals surface area contributed by atoms with E-state index in [1.54, 1.807) is 54.6 Å². The number of hydrogen-bond donors (Lipinski definition) is 1. The number of benzene rings is 2. The summed E-state index contributed by atoms with van der Waals surface area (Å²) in [5.41, 5.74) is 1.04. The number of nitriles is 1. The van der Waals surface area contributed by atoms with Crippen molar-refractivity contribution in [3.63, 3.8) is 0 Å². The molecule has 7 nitrogen and oxygen atoms in total. The third-order valence-electron chi connectivity index (χ3n) is 5.35. The first-order chi connectivity index (χ1) is 17.4. The van der Waals surface area contributed by atoms with Gasteiger partial charge in [0.25, 0.3) is 5.91 Å². The maximum absolute atomic E-state index is 13.6. The highest BCUT2D eigenvalue weighted by Crippen LogP contribution is 2.43. The number of thioether (sulfide) groups is 1. The van der Waals surface area contributed by atoms with Crippen LogP contribution in [0.15, 0.2) is 75.9 Å². The third kappa shape index (κ3) is 5.54. The summed E-state index contributed by atoms with van der Waals surface area (Å²) in [6, 6.07) is 17.5. The number of ether oxygens (including phenoxy) is 1. The standard InChI is InChI=1S/C26H21Cl2N3O4S/c1-2-34-18-10-8-17(9-11-18)31-25(33)22(13-16-5-3-7-21(27)23(16)28)36-26(31)20(14-29)24(32)30-15-19-6-4-12-35-19/h3-12,22H,2,13,15H2,1H3,(H,30,32)/b26-20-. The molecule has 1 aliphatic rings. The van der Waals surface area contributed by atoms with Gasteiger partial charge in [0.1, 0.15) is 28.2 Å². The molecule has 1 atom stereocenters. The molecule has 1 fully saturated rings. The van der Waals surface area contributed by atoms with Gasteiger partial charge in [-0.1, -0.05) is 47.1 Å². The zero-order valence-corrected chi connectivity index (χ0v) is 21.5. The summed E-state index contributed by atoms with van der Waals surface area (Å²) in [6.45, 7) is 2.48. The number of furan rings is 1. The van der Waals surface area contributed by atoms with Crippen LogP contribution in [0.3, 0.4) is 0 Å². The number of nitrogens with zero attached hydrogens (tertiary/aromatic N) is 2. The lowest BCUT2D eigenvalue weighted by molar-refractivity contribution is -0.117. The van der Waals surface area contributed by atoms with Crippen LogP contribution in [-0.2, 0) is 22.6 Å². The highest BCUT2D eigenvalue weighted by atomic mass is 35.5. The molecule has 0 bridgehead atoms. The second-order valence-electron chi connectivity index (χ2n) is 7.68. The molecule has 0 spiro atoms. The van der Waals surface area contributed by atoms with Gasteiger partial charge in [-0.05, 0) is 61.4 Å². The van der Waals surface area contributed by atoms with Gasteiger partial charge in [-0.15, -0.1) is 0 Å². The summed E-state index contributed by atoms with van der Waals surface area (Å²) in [6.07, 6.45) is 1.77. The van der Waals surface area contributed by atoms with Crippen molar-refractivity contribution >= 4 is 52.5 Å². The smallest absolute Gasteiger partial charge is 0.265 e. The average Bonchev–Trinajstić information content (AvgIpc) is 3.50. The van der Waals surface area contributed by atoms with Crippen molar-refractivity contribution in [1.82, 2.24) is 5.32 Å². The van der Waals surface area contributed by atoms with Gasteiger partial charge in [-0.3, -0.25) is 14.5 Å². The largest absolute Gasteiger partial charge is 0.494 e. The molecule has 0 saturated carbocycles. The SMILES string of the molecule is CCOc1ccc(N2C(=O)C(Cc3cccc(Cl)c3Cl)S/C2=C(/C#N)C(=O)NCc2ccco2)cc1. The molecule has 1 N–H and O–H groups in total. The summed E-state index contributed by atoms with van der Waals surface area (Å²) in [5.74, 6) is 0.297. The lowest BCUT2D eigenvalue weighted by atomic mass is 10.1. The van der Waals surface area contributed by atoms with E-state index in [0.717, 1.165) is 11.8 Å². The van der Waals surface area contributed by atoms with Crippen molar-refractivity contribution < 1.29 is 18.7 Å². The molecule has 1 aliphatic heterocycles. The number of rotatable bonds is 8. The summed E-state index contributed by atoms with van der Waals surface area (Å²) in [7, 11) is 0. The van der Waals surface area contributed by atoms with Crippen LogP contribution in [0.2, 0.25) is 10.0 Å². The van der Waals surface area contributed by atoms with Crippen LogP contribution in [0.1, 0.15) is 18.2 Å². The number of nitrogens with one attached hydrogen (secondary N) is 1. The summed E-state index contributed by atoms with van der Waals surface area (Å²) in [5, 5.41) is 13.0. The van der Waals surface area contributed by atoms with Crippen molar-refractivity contribution in [3.8, 4) is 11.8 Å². The molecule has 2 heterocycles. The van der Waals surface area contributed by atoms with Crippen LogP contribution in [0.4, 0.5) is 5.69 Å². The average molecular weight is 542 g/mol. The van der Waals surface area contributed by atoms with Gasteiger partial charge in [0, 0.05) is 5.69 Å². The van der Waals surface area contributed by atoms with E-state index in [1.807, 2.05) is 13.0 Å². The van der Waals surface area contributed by atoms with Crippen molar-refractivity contribution in [2.45, 2.75) is 25.1 Å². The zero-order chi connectivity index (χ0) is 25.7. The molecule has 3 aromatic rings. The van der Waals surface area contributed by atoms with Crippen LogP contribution < -0.4 is 15.0 Å². The van der Waals surface area contributed by atoms with Gasteiger partial charge in [-0.2, -0.15) is 5.26 Å². The van der Waals surface area contributed by atoms with E-state index in [0.29, 0.717) is 39.4 Å². The highest BCUT2D eigenvalue weighted by Gasteiger charge is 2.41. The van der Waals surface area contributed by atoms with Crippen molar-refractivity contribution in [1.29, 1.82) is 5.26 Å². The fraction of sp³-hybridized carbons (Fsp3) is 0.192. The number of anilines is 1. The van der Waals surface area contributed by atoms with Gasteiger partial charge in [0.05, 0.1) is 34.7 Å². The molecule has 2 aromatic carbocycles. The highest BCUT2D eigenvalue weighted by molar-refractivity contribution is 8.05. The minimum absolute atomic E-state index is 0.105. The van der Waals surface area contributed by atoms with Gasteiger partial charge in [0.2, 0.25) is 5.91 Å². The Labute approximate surface area is 222 Å². The second-order valence-corrected chi connectivity index (χ2v) is 9.65. The lowest BCUT2D eigenvalue weighted by Crippen LogP contribution is -2.32. The molecule has 10 heteroatoms. The van der Waals surface area contributed by atoms with Gasteiger partial charge >= 0.3 is 0 Å². The topological polar surface area (TPSA) is 95.6 Å². The monoisotopic (exact) mass is 541 g/mol. The molecule has 0 aliphatic carbocycles. The lowest BCUT2D eigenvalue weighted by Gasteiger charge is -2.19. The Hall–Kier alpha value is -3.38. The predicted molar refractivity (Wildman–Crippen MR) is 140 cm³/mol. The zero-order valence-electron chi connectivity index (χ0n) is 19.2. The Morgan fingerprint density at radius 2 is 1.97 bits per heavy atom. The Bertz CT molecular complexity index is 1330. The molecule has 2 amide bonds. The van der Waals surface area contributed by atoms with Crippen molar-refractivity contribution in [2.24, 2.45) is 0 Å². The Balaban J connectivity index is 1.69. The van der Waals surface area contributed by atoms with E-state index in [1.165, 1.54) is 11.2 Å². The first kappa shape index (κ1) is 25.7. The normalized spacial score (nSPS) is 16.6. The first-order valence-corrected chi connectivity index (χ1v) is 12.7.